The molecule has 0 bridgehead atoms. The van der Waals surface area contributed by atoms with Crippen molar-refractivity contribution in [3.05, 3.63) is 69.7 Å². The second kappa shape index (κ2) is 14.0. The number of carbonyl (C=O) groups is 3. The molecule has 0 aliphatic heterocycles. The van der Waals surface area contributed by atoms with Crippen LogP contribution in [0.4, 0.5) is 16.2 Å². The molecule has 8 nitrogen and oxygen atoms in total. The third-order valence-electron chi connectivity index (χ3n) is 3.90. The predicted octanol–water partition coefficient (Wildman–Crippen LogP) is 5.98. The number of anilines is 2. The number of esters is 2. The van der Waals surface area contributed by atoms with Crippen LogP contribution in [0.3, 0.4) is 0 Å². The first-order valence-corrected chi connectivity index (χ1v) is 11.0. The zero-order chi connectivity index (χ0) is 26.6. The highest BCUT2D eigenvalue weighted by atomic mass is 35.5. The fraction of sp³-hybridized carbons (Fsp3) is 0.240. The molecule has 0 radical (unpaired) electrons. The van der Waals surface area contributed by atoms with Gasteiger partial charge >= 0.3 is 18.0 Å². The number of methoxy groups -OCH3 is 2. The fourth-order valence-electron chi connectivity index (χ4n) is 2.34. The molecule has 2 rings (SSSR count). The van der Waals surface area contributed by atoms with E-state index >= 15 is 0 Å². The molecule has 2 aromatic rings. The van der Waals surface area contributed by atoms with Crippen LogP contribution < -0.4 is 11.1 Å². The van der Waals surface area contributed by atoms with Gasteiger partial charge in [-0.2, -0.15) is 0 Å². The summed E-state index contributed by atoms with van der Waals surface area (Å²) in [5.74, 6) is -0.928. The van der Waals surface area contributed by atoms with Crippen molar-refractivity contribution in [3.8, 4) is 0 Å². The SMILES string of the molecule is COC(=O)/C=C/c1cc(Cl)ccc1N.COC(=O)/C=C/c1cc(Cl)ccc1NC(=O)OC(C)(C)C. The Morgan fingerprint density at radius 1 is 0.857 bits per heavy atom. The summed E-state index contributed by atoms with van der Waals surface area (Å²) in [7, 11) is 2.60. The molecule has 0 atom stereocenters. The van der Waals surface area contributed by atoms with Crippen LogP contribution in [0.1, 0.15) is 31.9 Å². The second-order valence-corrected chi connectivity index (χ2v) is 8.72. The van der Waals surface area contributed by atoms with Crippen LogP contribution in [0.2, 0.25) is 10.0 Å². The van der Waals surface area contributed by atoms with Gasteiger partial charge in [-0.05, 0) is 80.4 Å². The lowest BCUT2D eigenvalue weighted by Gasteiger charge is -2.20. The minimum Gasteiger partial charge on any atom is -0.466 e. The number of ether oxygens (including phenoxy) is 3. The Bertz CT molecular complexity index is 1110. The molecule has 0 aliphatic rings. The monoisotopic (exact) mass is 522 g/mol. The van der Waals surface area contributed by atoms with Gasteiger partial charge in [0, 0.05) is 27.9 Å². The Labute approximate surface area is 214 Å². The highest BCUT2D eigenvalue weighted by Crippen LogP contribution is 2.23. The van der Waals surface area contributed by atoms with Gasteiger partial charge in [0.2, 0.25) is 0 Å². The molecule has 10 heteroatoms. The van der Waals surface area contributed by atoms with E-state index in [2.05, 4.69) is 14.8 Å². The number of amides is 1. The van der Waals surface area contributed by atoms with Crippen LogP contribution in [-0.4, -0.2) is 37.9 Å². The van der Waals surface area contributed by atoms with E-state index in [1.807, 2.05) is 0 Å². The van der Waals surface area contributed by atoms with Crippen LogP contribution in [-0.2, 0) is 23.8 Å². The van der Waals surface area contributed by atoms with Crippen LogP contribution in [0.25, 0.3) is 12.2 Å². The van der Waals surface area contributed by atoms with Crippen molar-refractivity contribution in [2.45, 2.75) is 26.4 Å². The van der Waals surface area contributed by atoms with Crippen LogP contribution in [0.5, 0.6) is 0 Å². The Morgan fingerprint density at radius 3 is 1.86 bits per heavy atom. The smallest absolute Gasteiger partial charge is 0.412 e. The summed E-state index contributed by atoms with van der Waals surface area (Å²) in [5.41, 5.74) is 7.37. The number of carbonyl (C=O) groups excluding carboxylic acids is 3. The maximum atomic E-state index is 11.8. The third kappa shape index (κ3) is 12.0. The van der Waals surface area contributed by atoms with Crippen molar-refractivity contribution in [1.82, 2.24) is 0 Å². The minimum atomic E-state index is -0.599. The van der Waals surface area contributed by atoms with Gasteiger partial charge < -0.3 is 19.9 Å². The number of nitrogens with two attached hydrogens (primary N) is 1. The lowest BCUT2D eigenvalue weighted by atomic mass is 10.1. The average molecular weight is 523 g/mol. The topological polar surface area (TPSA) is 117 Å². The van der Waals surface area contributed by atoms with Crippen molar-refractivity contribution in [3.63, 3.8) is 0 Å². The first kappa shape index (κ1) is 29.5. The Hall–Kier alpha value is -3.49. The maximum Gasteiger partial charge on any atom is 0.412 e. The van der Waals surface area contributed by atoms with E-state index in [9.17, 15) is 14.4 Å². The standard InChI is InChI=1S/C15H18ClNO4.C10H10ClNO2/c1-15(2,3)21-14(19)17-12-7-6-11(16)9-10(12)5-8-13(18)20-4;1-14-10(13)5-2-7-6-8(11)3-4-9(7)12/h5-9H,1-4H3,(H,17,19);2-6H,12H2,1H3/b8-5+;5-2+. The molecule has 0 aromatic heterocycles. The molecule has 0 saturated heterocycles. The van der Waals surface area contributed by atoms with E-state index in [1.165, 1.54) is 32.4 Å². The van der Waals surface area contributed by atoms with Crippen LogP contribution in [0.15, 0.2) is 48.6 Å². The highest BCUT2D eigenvalue weighted by molar-refractivity contribution is 6.31. The third-order valence-corrected chi connectivity index (χ3v) is 4.37. The van der Waals surface area contributed by atoms with Crippen molar-refractivity contribution >= 4 is 64.8 Å². The Morgan fingerprint density at radius 2 is 1.34 bits per heavy atom. The van der Waals surface area contributed by atoms with E-state index in [-0.39, 0.29) is 0 Å². The van der Waals surface area contributed by atoms with Gasteiger partial charge in [0.05, 0.1) is 19.9 Å². The van der Waals surface area contributed by atoms with Crippen LogP contribution >= 0.6 is 23.2 Å². The lowest BCUT2D eigenvalue weighted by Crippen LogP contribution is -2.27. The number of hydrogen-bond donors (Lipinski definition) is 2. The zero-order valence-corrected chi connectivity index (χ0v) is 21.6. The van der Waals surface area contributed by atoms with Gasteiger partial charge in [0.15, 0.2) is 0 Å². The molecule has 0 unspecified atom stereocenters. The predicted molar refractivity (Wildman–Crippen MR) is 139 cm³/mol. The molecule has 0 heterocycles. The summed E-state index contributed by atoms with van der Waals surface area (Å²) in [6.45, 7) is 5.31. The summed E-state index contributed by atoms with van der Waals surface area (Å²) in [6.07, 6.45) is 5.02. The van der Waals surface area contributed by atoms with E-state index in [1.54, 1.807) is 63.2 Å². The summed E-state index contributed by atoms with van der Waals surface area (Å²) < 4.78 is 14.1. The Kier molecular flexibility index (Phi) is 11.8. The largest absolute Gasteiger partial charge is 0.466 e. The van der Waals surface area contributed by atoms with Gasteiger partial charge in [-0.15, -0.1) is 0 Å². The summed E-state index contributed by atoms with van der Waals surface area (Å²) in [5, 5.41) is 3.67. The summed E-state index contributed by atoms with van der Waals surface area (Å²) in [4.78, 5) is 33.7. The second-order valence-electron chi connectivity index (χ2n) is 7.84. The highest BCUT2D eigenvalue weighted by Gasteiger charge is 2.17. The van der Waals surface area contributed by atoms with E-state index in [4.69, 9.17) is 33.7 Å². The van der Waals surface area contributed by atoms with Crippen molar-refractivity contribution in [2.75, 3.05) is 25.3 Å². The number of halogens is 2. The molecule has 3 N–H and O–H groups in total. The molecule has 0 fully saturated rings. The maximum absolute atomic E-state index is 11.8. The minimum absolute atomic E-state index is 0.427. The van der Waals surface area contributed by atoms with Gasteiger partial charge in [0.1, 0.15) is 5.60 Å². The van der Waals surface area contributed by atoms with Crippen LogP contribution in [0, 0.1) is 0 Å². The summed E-state index contributed by atoms with van der Waals surface area (Å²) >= 11 is 11.7. The molecule has 0 spiro atoms. The fourth-order valence-corrected chi connectivity index (χ4v) is 2.70. The number of benzene rings is 2. The number of rotatable bonds is 5. The molecule has 188 valence electrons. The van der Waals surface area contributed by atoms with Gasteiger partial charge in [-0.1, -0.05) is 23.2 Å². The van der Waals surface area contributed by atoms with Gasteiger partial charge in [-0.3, -0.25) is 5.32 Å². The number of nitrogens with one attached hydrogen (secondary N) is 1. The molecule has 0 saturated carbocycles. The molecule has 35 heavy (non-hydrogen) atoms. The molecule has 0 aliphatic carbocycles. The molecular formula is C25H28Cl2N2O6. The van der Waals surface area contributed by atoms with E-state index in [0.717, 1.165) is 0 Å². The molecular weight excluding hydrogens is 495 g/mol. The molecule has 2 aromatic carbocycles. The first-order valence-electron chi connectivity index (χ1n) is 10.2. The quantitative estimate of drug-likeness (QED) is 0.214. The number of nitrogen functional groups attached to an aromatic ring is 1. The Balaban J connectivity index is 0.000000379. The number of hydrogen-bond acceptors (Lipinski definition) is 7. The van der Waals surface area contributed by atoms with E-state index in [0.29, 0.717) is 32.5 Å². The van der Waals surface area contributed by atoms with Crippen molar-refractivity contribution in [1.29, 1.82) is 0 Å². The molecule has 1 amide bonds. The normalized spacial score (nSPS) is 10.9. The van der Waals surface area contributed by atoms with Gasteiger partial charge in [0.25, 0.3) is 0 Å². The van der Waals surface area contributed by atoms with Gasteiger partial charge in [-0.25, -0.2) is 14.4 Å². The first-order chi connectivity index (χ1) is 16.3. The van der Waals surface area contributed by atoms with Crippen molar-refractivity contribution < 1.29 is 28.6 Å². The summed E-state index contributed by atoms with van der Waals surface area (Å²) in [6, 6.07) is 9.92. The van der Waals surface area contributed by atoms with E-state index < -0.39 is 23.6 Å². The average Bonchev–Trinajstić information content (AvgIpc) is 2.78. The zero-order valence-electron chi connectivity index (χ0n) is 20.1. The lowest BCUT2D eigenvalue weighted by molar-refractivity contribution is -0.135. The van der Waals surface area contributed by atoms with Crippen molar-refractivity contribution in [2.24, 2.45) is 0 Å².